The summed E-state index contributed by atoms with van der Waals surface area (Å²) in [6.45, 7) is 2.12. The van der Waals surface area contributed by atoms with Crippen molar-refractivity contribution in [1.82, 2.24) is 14.9 Å². The standard InChI is InChI=1S/C23H30BrN3O2/c1-27-20(21(28)16-7-9-19(24)10-8-16)15-26-23(27)29-22(17-5-3-2-4-6-17)18-11-13-25-14-12-18/h7-10,15,17-18,22,25H,2-6,11-14H2,1H3. The smallest absolute Gasteiger partial charge is 0.296 e. The van der Waals surface area contributed by atoms with Crippen LogP contribution in [0.5, 0.6) is 6.01 Å². The van der Waals surface area contributed by atoms with E-state index in [1.807, 2.05) is 35.9 Å². The Balaban J connectivity index is 1.54. The Kier molecular flexibility index (Phi) is 6.70. The minimum Gasteiger partial charge on any atom is -0.461 e. The van der Waals surface area contributed by atoms with Gasteiger partial charge in [0.15, 0.2) is 0 Å². The van der Waals surface area contributed by atoms with Gasteiger partial charge in [-0.05, 0) is 74.9 Å². The number of ether oxygens (including phenoxy) is 1. The molecule has 1 aromatic carbocycles. The summed E-state index contributed by atoms with van der Waals surface area (Å²) in [5.41, 5.74) is 1.22. The van der Waals surface area contributed by atoms with E-state index < -0.39 is 0 Å². The van der Waals surface area contributed by atoms with Gasteiger partial charge in [-0.3, -0.25) is 9.36 Å². The van der Waals surface area contributed by atoms with E-state index in [1.54, 1.807) is 6.20 Å². The second-order valence-corrected chi connectivity index (χ2v) is 9.30. The first-order chi connectivity index (χ1) is 14.1. The molecule has 156 valence electrons. The highest BCUT2D eigenvalue weighted by molar-refractivity contribution is 9.10. The number of nitrogens with zero attached hydrogens (tertiary/aromatic N) is 2. The Morgan fingerprint density at radius 1 is 1.10 bits per heavy atom. The molecule has 1 atom stereocenters. The van der Waals surface area contributed by atoms with Gasteiger partial charge in [-0.1, -0.05) is 35.2 Å². The molecule has 2 aliphatic rings. The first-order valence-corrected chi connectivity index (χ1v) is 11.6. The summed E-state index contributed by atoms with van der Waals surface area (Å²) >= 11 is 3.42. The van der Waals surface area contributed by atoms with Gasteiger partial charge in [-0.25, -0.2) is 4.98 Å². The van der Waals surface area contributed by atoms with Gasteiger partial charge in [-0.15, -0.1) is 0 Å². The van der Waals surface area contributed by atoms with Crippen molar-refractivity contribution in [2.75, 3.05) is 13.1 Å². The van der Waals surface area contributed by atoms with Gasteiger partial charge in [0.2, 0.25) is 5.78 Å². The van der Waals surface area contributed by atoms with Crippen molar-refractivity contribution >= 4 is 21.7 Å². The van der Waals surface area contributed by atoms with Gasteiger partial charge in [0, 0.05) is 17.1 Å². The van der Waals surface area contributed by atoms with E-state index in [0.29, 0.717) is 29.1 Å². The molecule has 1 aliphatic carbocycles. The summed E-state index contributed by atoms with van der Waals surface area (Å²) in [5, 5.41) is 3.46. The summed E-state index contributed by atoms with van der Waals surface area (Å²) in [7, 11) is 1.88. The van der Waals surface area contributed by atoms with Gasteiger partial charge >= 0.3 is 0 Å². The van der Waals surface area contributed by atoms with Gasteiger partial charge in [-0.2, -0.15) is 0 Å². The lowest BCUT2D eigenvalue weighted by molar-refractivity contribution is 0.0322. The van der Waals surface area contributed by atoms with Crippen LogP contribution in [0.15, 0.2) is 34.9 Å². The largest absolute Gasteiger partial charge is 0.461 e. The van der Waals surface area contributed by atoms with Crippen LogP contribution in [-0.2, 0) is 7.05 Å². The molecular formula is C23H30BrN3O2. The molecule has 0 amide bonds. The predicted molar refractivity (Wildman–Crippen MR) is 117 cm³/mol. The maximum Gasteiger partial charge on any atom is 0.296 e. The third-order valence-corrected chi connectivity index (χ3v) is 7.02. The number of carbonyl (C=O) groups is 1. The third-order valence-electron chi connectivity index (χ3n) is 6.49. The number of halogens is 1. The lowest BCUT2D eigenvalue weighted by Crippen LogP contribution is -2.42. The third kappa shape index (κ3) is 4.75. The lowest BCUT2D eigenvalue weighted by Gasteiger charge is -2.37. The molecule has 1 aliphatic heterocycles. The zero-order valence-electron chi connectivity index (χ0n) is 17.1. The highest BCUT2D eigenvalue weighted by Crippen LogP contribution is 2.35. The Labute approximate surface area is 181 Å². The quantitative estimate of drug-likeness (QED) is 0.633. The predicted octanol–water partition coefficient (Wildman–Crippen LogP) is 4.74. The summed E-state index contributed by atoms with van der Waals surface area (Å²) in [6.07, 6.45) is 10.5. The van der Waals surface area contributed by atoms with E-state index in [4.69, 9.17) is 4.74 Å². The number of hydrogen-bond acceptors (Lipinski definition) is 4. The highest BCUT2D eigenvalue weighted by atomic mass is 79.9. The lowest BCUT2D eigenvalue weighted by atomic mass is 9.77. The number of aromatic nitrogens is 2. The molecule has 1 unspecified atom stereocenters. The maximum atomic E-state index is 12.9. The van der Waals surface area contributed by atoms with E-state index in [-0.39, 0.29) is 11.9 Å². The van der Waals surface area contributed by atoms with Crippen LogP contribution < -0.4 is 10.1 Å². The first kappa shape index (κ1) is 20.6. The molecule has 29 heavy (non-hydrogen) atoms. The van der Waals surface area contributed by atoms with E-state index in [9.17, 15) is 4.79 Å². The van der Waals surface area contributed by atoms with Crippen molar-refractivity contribution < 1.29 is 9.53 Å². The molecule has 2 fully saturated rings. The fraction of sp³-hybridized carbons (Fsp3) is 0.565. The molecule has 1 N–H and O–H groups in total. The zero-order chi connectivity index (χ0) is 20.2. The van der Waals surface area contributed by atoms with Gasteiger partial charge < -0.3 is 10.1 Å². The van der Waals surface area contributed by atoms with Crippen molar-refractivity contribution in [3.63, 3.8) is 0 Å². The summed E-state index contributed by atoms with van der Waals surface area (Å²) in [6, 6.07) is 8.01. The molecule has 5 nitrogen and oxygen atoms in total. The minimum absolute atomic E-state index is 0.0292. The average Bonchev–Trinajstić information content (AvgIpc) is 3.13. The number of nitrogens with one attached hydrogen (secondary N) is 1. The van der Waals surface area contributed by atoms with Crippen molar-refractivity contribution in [3.05, 3.63) is 46.2 Å². The molecule has 1 saturated heterocycles. The SMILES string of the molecule is Cn1c(C(=O)c2ccc(Br)cc2)cnc1OC(C1CCCCC1)C1CCNCC1. The van der Waals surface area contributed by atoms with Gasteiger partial charge in [0.25, 0.3) is 6.01 Å². The Morgan fingerprint density at radius 2 is 1.76 bits per heavy atom. The number of ketones is 1. The average molecular weight is 460 g/mol. The highest BCUT2D eigenvalue weighted by Gasteiger charge is 2.34. The Bertz CT molecular complexity index is 803. The van der Waals surface area contributed by atoms with Gasteiger partial charge in [0.05, 0.1) is 6.20 Å². The molecule has 0 spiro atoms. The van der Waals surface area contributed by atoms with Crippen LogP contribution in [0.4, 0.5) is 0 Å². The summed E-state index contributed by atoms with van der Waals surface area (Å²) < 4.78 is 9.35. The number of carbonyl (C=O) groups excluding carboxylic acids is 1. The van der Waals surface area contributed by atoms with Crippen LogP contribution in [0, 0.1) is 11.8 Å². The molecule has 2 heterocycles. The molecule has 2 aromatic rings. The molecule has 1 saturated carbocycles. The van der Waals surface area contributed by atoms with Crippen LogP contribution in [-0.4, -0.2) is 34.5 Å². The Hall–Kier alpha value is -1.66. The van der Waals surface area contributed by atoms with Gasteiger partial charge in [0.1, 0.15) is 11.8 Å². The molecule has 4 rings (SSSR count). The topological polar surface area (TPSA) is 56.2 Å². The number of imidazole rings is 1. The van der Waals surface area contributed by atoms with Crippen molar-refractivity contribution in [2.45, 2.75) is 51.0 Å². The number of rotatable bonds is 6. The fourth-order valence-electron chi connectivity index (χ4n) is 4.80. The summed E-state index contributed by atoms with van der Waals surface area (Å²) in [4.78, 5) is 17.4. The number of piperidine rings is 1. The van der Waals surface area contributed by atoms with Crippen LogP contribution in [0.3, 0.4) is 0 Å². The van der Waals surface area contributed by atoms with E-state index in [1.165, 1.54) is 32.1 Å². The van der Waals surface area contributed by atoms with E-state index in [2.05, 4.69) is 26.2 Å². The van der Waals surface area contributed by atoms with E-state index in [0.717, 1.165) is 30.4 Å². The summed E-state index contributed by atoms with van der Waals surface area (Å²) in [5.74, 6) is 1.12. The monoisotopic (exact) mass is 459 g/mol. The van der Waals surface area contributed by atoms with E-state index >= 15 is 0 Å². The van der Waals surface area contributed by atoms with Crippen molar-refractivity contribution in [1.29, 1.82) is 0 Å². The number of benzene rings is 1. The fourth-order valence-corrected chi connectivity index (χ4v) is 5.06. The zero-order valence-corrected chi connectivity index (χ0v) is 18.7. The van der Waals surface area contributed by atoms with Crippen LogP contribution in [0.2, 0.25) is 0 Å². The second kappa shape index (κ2) is 9.43. The molecular weight excluding hydrogens is 430 g/mol. The van der Waals surface area contributed by atoms with Crippen molar-refractivity contribution in [2.24, 2.45) is 18.9 Å². The second-order valence-electron chi connectivity index (χ2n) is 8.39. The van der Waals surface area contributed by atoms with Crippen LogP contribution >= 0.6 is 15.9 Å². The normalized spacial score (nSPS) is 19.8. The van der Waals surface area contributed by atoms with Crippen LogP contribution in [0.25, 0.3) is 0 Å². The molecule has 1 aromatic heterocycles. The van der Waals surface area contributed by atoms with Crippen molar-refractivity contribution in [3.8, 4) is 6.01 Å². The Morgan fingerprint density at radius 3 is 2.45 bits per heavy atom. The maximum absolute atomic E-state index is 12.9. The van der Waals surface area contributed by atoms with Crippen LogP contribution in [0.1, 0.15) is 61.0 Å². The minimum atomic E-state index is -0.0292. The number of hydrogen-bond donors (Lipinski definition) is 1. The molecule has 0 bridgehead atoms. The molecule has 6 heteroatoms. The first-order valence-electron chi connectivity index (χ1n) is 10.8. The molecule has 0 radical (unpaired) electrons.